The minimum absolute atomic E-state index is 0.634. The van der Waals surface area contributed by atoms with Crippen LogP contribution < -0.4 is 5.32 Å². The second-order valence-electron chi connectivity index (χ2n) is 6.01. The fourth-order valence-electron chi connectivity index (χ4n) is 2.91. The molecule has 1 aromatic heterocycles. The standard InChI is InChI=1S/C15H21N5/c1-10-11(2)18-19-15(14(10)7-16)17-8-12-5-6-20(9-12)13-3-4-13/h12-13H,3-6,8-9H2,1-2H3,(H,17,19). The van der Waals surface area contributed by atoms with E-state index >= 15 is 0 Å². The van der Waals surface area contributed by atoms with Crippen LogP contribution in [0.3, 0.4) is 0 Å². The molecule has 0 aromatic carbocycles. The molecule has 1 unspecified atom stereocenters. The summed E-state index contributed by atoms with van der Waals surface area (Å²) in [6, 6.07) is 3.10. The third kappa shape index (κ3) is 2.61. The van der Waals surface area contributed by atoms with E-state index in [2.05, 4.69) is 26.5 Å². The Morgan fingerprint density at radius 2 is 2.10 bits per heavy atom. The van der Waals surface area contributed by atoms with Crippen LogP contribution in [0.25, 0.3) is 0 Å². The number of aryl methyl sites for hydroxylation is 1. The Balaban J connectivity index is 1.61. The third-order valence-corrected chi connectivity index (χ3v) is 4.51. The molecule has 5 nitrogen and oxygen atoms in total. The topological polar surface area (TPSA) is 64.8 Å². The molecule has 1 aromatic rings. The van der Waals surface area contributed by atoms with Gasteiger partial charge in [-0.05, 0) is 51.1 Å². The molecule has 0 spiro atoms. The van der Waals surface area contributed by atoms with Crippen molar-refractivity contribution >= 4 is 5.82 Å². The predicted octanol–water partition coefficient (Wildman–Crippen LogP) is 1.86. The smallest absolute Gasteiger partial charge is 0.166 e. The van der Waals surface area contributed by atoms with Gasteiger partial charge < -0.3 is 10.2 Å². The summed E-state index contributed by atoms with van der Waals surface area (Å²) in [6.45, 7) is 7.10. The maximum atomic E-state index is 9.27. The highest BCUT2D eigenvalue weighted by Gasteiger charge is 2.34. The number of hydrogen-bond donors (Lipinski definition) is 1. The maximum absolute atomic E-state index is 9.27. The molecule has 1 aliphatic heterocycles. The molecule has 1 N–H and O–H groups in total. The van der Waals surface area contributed by atoms with Crippen molar-refractivity contribution in [3.63, 3.8) is 0 Å². The second-order valence-corrected chi connectivity index (χ2v) is 6.01. The molecule has 20 heavy (non-hydrogen) atoms. The van der Waals surface area contributed by atoms with Gasteiger partial charge in [-0.1, -0.05) is 0 Å². The van der Waals surface area contributed by atoms with E-state index in [1.165, 1.54) is 32.4 Å². The average Bonchev–Trinajstić information content (AvgIpc) is 3.19. The monoisotopic (exact) mass is 271 g/mol. The minimum atomic E-state index is 0.634. The Morgan fingerprint density at radius 1 is 1.30 bits per heavy atom. The fraction of sp³-hybridized carbons (Fsp3) is 0.667. The number of hydrogen-bond acceptors (Lipinski definition) is 5. The van der Waals surface area contributed by atoms with Crippen LogP contribution in [-0.2, 0) is 0 Å². The van der Waals surface area contributed by atoms with Crippen molar-refractivity contribution in [3.05, 3.63) is 16.8 Å². The predicted molar refractivity (Wildman–Crippen MR) is 77.4 cm³/mol. The van der Waals surface area contributed by atoms with E-state index in [1.54, 1.807) is 0 Å². The molecule has 5 heteroatoms. The first kappa shape index (κ1) is 13.3. The molecule has 1 aliphatic carbocycles. The number of likely N-dealkylation sites (tertiary alicyclic amines) is 1. The number of nitrogens with zero attached hydrogens (tertiary/aromatic N) is 4. The molecule has 2 fully saturated rings. The van der Waals surface area contributed by atoms with Crippen molar-refractivity contribution in [3.8, 4) is 6.07 Å². The van der Waals surface area contributed by atoms with E-state index in [0.29, 0.717) is 17.3 Å². The van der Waals surface area contributed by atoms with Gasteiger partial charge in [0.1, 0.15) is 11.6 Å². The highest BCUT2D eigenvalue weighted by molar-refractivity contribution is 5.55. The summed E-state index contributed by atoms with van der Waals surface area (Å²) in [5, 5.41) is 20.9. The summed E-state index contributed by atoms with van der Waals surface area (Å²) >= 11 is 0. The number of aromatic nitrogens is 2. The zero-order chi connectivity index (χ0) is 14.1. The zero-order valence-corrected chi connectivity index (χ0v) is 12.2. The van der Waals surface area contributed by atoms with E-state index in [9.17, 15) is 5.26 Å². The lowest BCUT2D eigenvalue weighted by Crippen LogP contribution is -2.25. The normalized spacial score (nSPS) is 22.8. The van der Waals surface area contributed by atoms with Crippen LogP contribution in [0, 0.1) is 31.1 Å². The molecule has 106 valence electrons. The van der Waals surface area contributed by atoms with Crippen LogP contribution in [0.4, 0.5) is 5.82 Å². The first-order valence-electron chi connectivity index (χ1n) is 7.41. The molecule has 1 saturated carbocycles. The van der Waals surface area contributed by atoms with Crippen molar-refractivity contribution < 1.29 is 0 Å². The number of nitriles is 1. The summed E-state index contributed by atoms with van der Waals surface area (Å²) in [5.74, 6) is 1.30. The van der Waals surface area contributed by atoms with Gasteiger partial charge in [0.2, 0.25) is 0 Å². The number of nitrogens with one attached hydrogen (secondary N) is 1. The van der Waals surface area contributed by atoms with Crippen LogP contribution in [0.2, 0.25) is 0 Å². The fourth-order valence-corrected chi connectivity index (χ4v) is 2.91. The third-order valence-electron chi connectivity index (χ3n) is 4.51. The molecule has 2 heterocycles. The van der Waals surface area contributed by atoms with Gasteiger partial charge in [0.05, 0.1) is 5.69 Å². The van der Waals surface area contributed by atoms with Gasteiger partial charge in [-0.15, -0.1) is 5.10 Å². The van der Waals surface area contributed by atoms with Crippen LogP contribution in [-0.4, -0.2) is 40.8 Å². The summed E-state index contributed by atoms with van der Waals surface area (Å²) in [6.07, 6.45) is 3.99. The van der Waals surface area contributed by atoms with Crippen LogP contribution in [0.5, 0.6) is 0 Å². The first-order valence-corrected chi connectivity index (χ1v) is 7.41. The molecule has 1 atom stereocenters. The van der Waals surface area contributed by atoms with Gasteiger partial charge in [0.25, 0.3) is 0 Å². The van der Waals surface area contributed by atoms with Gasteiger partial charge in [0, 0.05) is 19.1 Å². The van der Waals surface area contributed by atoms with Crippen molar-refractivity contribution in [1.29, 1.82) is 5.26 Å². The van der Waals surface area contributed by atoms with Crippen LogP contribution in [0.1, 0.15) is 36.1 Å². The maximum Gasteiger partial charge on any atom is 0.166 e. The van der Waals surface area contributed by atoms with E-state index in [1.807, 2.05) is 13.8 Å². The SMILES string of the molecule is Cc1nnc(NCC2CCN(C3CC3)C2)c(C#N)c1C. The van der Waals surface area contributed by atoms with Gasteiger partial charge >= 0.3 is 0 Å². The van der Waals surface area contributed by atoms with Crippen LogP contribution in [0.15, 0.2) is 0 Å². The zero-order valence-electron chi connectivity index (χ0n) is 12.2. The van der Waals surface area contributed by atoms with E-state index in [4.69, 9.17) is 0 Å². The molecule has 1 saturated heterocycles. The largest absolute Gasteiger partial charge is 0.367 e. The van der Waals surface area contributed by atoms with Crippen LogP contribution >= 0.6 is 0 Å². The summed E-state index contributed by atoms with van der Waals surface area (Å²) in [5.41, 5.74) is 2.39. The van der Waals surface area contributed by atoms with Crippen molar-refractivity contribution in [2.45, 2.75) is 39.2 Å². The Labute approximate surface area is 120 Å². The van der Waals surface area contributed by atoms with E-state index in [0.717, 1.165) is 23.8 Å². The van der Waals surface area contributed by atoms with Crippen molar-refractivity contribution in [2.24, 2.45) is 5.92 Å². The number of anilines is 1. The lowest BCUT2D eigenvalue weighted by molar-refractivity contribution is 0.316. The van der Waals surface area contributed by atoms with Gasteiger partial charge in [-0.25, -0.2) is 0 Å². The molecule has 0 bridgehead atoms. The molecule has 3 rings (SSSR count). The van der Waals surface area contributed by atoms with Crippen molar-refractivity contribution in [1.82, 2.24) is 15.1 Å². The molecule has 2 aliphatic rings. The highest BCUT2D eigenvalue weighted by atomic mass is 15.2. The van der Waals surface area contributed by atoms with Crippen molar-refractivity contribution in [2.75, 3.05) is 25.0 Å². The summed E-state index contributed by atoms with van der Waals surface area (Å²) in [7, 11) is 0. The highest BCUT2D eigenvalue weighted by Crippen LogP contribution is 2.31. The Hall–Kier alpha value is -1.67. The average molecular weight is 271 g/mol. The molecular weight excluding hydrogens is 250 g/mol. The van der Waals surface area contributed by atoms with Gasteiger partial charge in [-0.3, -0.25) is 0 Å². The molecular formula is C15H21N5. The Kier molecular flexibility index (Phi) is 3.58. The number of rotatable bonds is 4. The molecule has 0 radical (unpaired) electrons. The quantitative estimate of drug-likeness (QED) is 0.905. The van der Waals surface area contributed by atoms with E-state index < -0.39 is 0 Å². The summed E-state index contributed by atoms with van der Waals surface area (Å²) in [4.78, 5) is 2.60. The van der Waals surface area contributed by atoms with Gasteiger partial charge in [-0.2, -0.15) is 10.4 Å². The lowest BCUT2D eigenvalue weighted by Gasteiger charge is -2.16. The Bertz CT molecular complexity index is 544. The molecule has 0 amide bonds. The minimum Gasteiger partial charge on any atom is -0.367 e. The first-order chi connectivity index (χ1) is 9.69. The lowest BCUT2D eigenvalue weighted by atomic mass is 10.1. The Morgan fingerprint density at radius 3 is 2.80 bits per heavy atom. The van der Waals surface area contributed by atoms with E-state index in [-0.39, 0.29) is 0 Å². The summed E-state index contributed by atoms with van der Waals surface area (Å²) < 4.78 is 0. The second kappa shape index (κ2) is 5.37. The van der Waals surface area contributed by atoms with Gasteiger partial charge in [0.15, 0.2) is 5.82 Å².